The Morgan fingerprint density at radius 2 is 1.68 bits per heavy atom. The maximum absolute atomic E-state index is 13.7. The zero-order valence-electron chi connectivity index (χ0n) is 29.2. The summed E-state index contributed by atoms with van der Waals surface area (Å²) in [6.07, 6.45) is 0.340. The highest BCUT2D eigenvalue weighted by molar-refractivity contribution is 8.00. The van der Waals surface area contributed by atoms with Crippen LogP contribution in [0.25, 0.3) is 33.1 Å². The number of hydrogen-bond acceptors (Lipinski definition) is 7. The van der Waals surface area contributed by atoms with E-state index in [-0.39, 0.29) is 17.2 Å². The normalized spacial score (nSPS) is 12.1. The summed E-state index contributed by atoms with van der Waals surface area (Å²) >= 11 is 1.73. The van der Waals surface area contributed by atoms with Gasteiger partial charge in [-0.25, -0.2) is 9.37 Å². The van der Waals surface area contributed by atoms with Crippen molar-refractivity contribution in [3.63, 3.8) is 0 Å². The Morgan fingerprint density at radius 1 is 0.900 bits per heavy atom. The Bertz CT molecular complexity index is 2160. The number of carboxylic acid groups (broad SMARTS) is 1. The predicted octanol–water partition coefficient (Wildman–Crippen LogP) is 9.36. The Balaban J connectivity index is 1.37. The topological polar surface area (TPSA) is 99.4 Å². The van der Waals surface area contributed by atoms with Gasteiger partial charge in [0, 0.05) is 56.2 Å². The molecule has 0 spiro atoms. The number of rotatable bonds is 12. The molecule has 0 bridgehead atoms. The average Bonchev–Trinajstić information content (AvgIpc) is 3.33. The lowest BCUT2D eigenvalue weighted by Crippen LogP contribution is -2.28. The highest BCUT2D eigenvalue weighted by Crippen LogP contribution is 2.44. The summed E-state index contributed by atoms with van der Waals surface area (Å²) < 4.78 is 27.5. The number of fused-ring (bicyclic) bond motifs is 2. The van der Waals surface area contributed by atoms with E-state index in [1.807, 2.05) is 55.5 Å². The number of aliphatic carboxylic acids is 1. The zero-order chi connectivity index (χ0) is 35.6. The summed E-state index contributed by atoms with van der Waals surface area (Å²) in [6, 6.07) is 26.2. The van der Waals surface area contributed by atoms with Gasteiger partial charge in [0.25, 0.3) is 0 Å². The van der Waals surface area contributed by atoms with Crippen LogP contribution in [0.5, 0.6) is 11.6 Å². The first-order valence-electron chi connectivity index (χ1n) is 16.6. The molecule has 3 aromatic heterocycles. The molecule has 3 heterocycles. The van der Waals surface area contributed by atoms with Crippen molar-refractivity contribution in [1.82, 2.24) is 19.7 Å². The van der Waals surface area contributed by atoms with Gasteiger partial charge in [-0.15, -0.1) is 22.0 Å². The SMILES string of the molecule is CCOc1ccc(-c2ccc(Cn3c(CC(C)(C)C(=O)O)c(SC(C)(C)C)c4cc(OCc5ccc6cc(F)ccc6n5)ccc43)cc2)nn1. The van der Waals surface area contributed by atoms with Crippen LogP contribution in [0.15, 0.2) is 89.8 Å². The third-order valence-corrected chi connectivity index (χ3v) is 9.58. The summed E-state index contributed by atoms with van der Waals surface area (Å²) in [6.45, 7) is 13.2. The van der Waals surface area contributed by atoms with E-state index >= 15 is 0 Å². The van der Waals surface area contributed by atoms with Crippen molar-refractivity contribution in [3.8, 4) is 22.9 Å². The van der Waals surface area contributed by atoms with Gasteiger partial charge in [-0.2, -0.15) is 0 Å². The number of nitrogens with zero attached hydrogens (tertiary/aromatic N) is 4. The van der Waals surface area contributed by atoms with E-state index in [2.05, 4.69) is 58.7 Å². The van der Waals surface area contributed by atoms with Crippen LogP contribution in [0.3, 0.4) is 0 Å². The highest BCUT2D eigenvalue weighted by Gasteiger charge is 2.33. The van der Waals surface area contributed by atoms with Gasteiger partial charge in [0.1, 0.15) is 18.2 Å². The first kappa shape index (κ1) is 34.9. The molecule has 0 fully saturated rings. The average molecular weight is 693 g/mol. The van der Waals surface area contributed by atoms with Crippen molar-refractivity contribution in [2.24, 2.45) is 5.41 Å². The zero-order valence-corrected chi connectivity index (χ0v) is 30.0. The van der Waals surface area contributed by atoms with Gasteiger partial charge >= 0.3 is 5.97 Å². The molecule has 0 unspecified atom stereocenters. The second-order valence-electron chi connectivity index (χ2n) is 13.9. The molecule has 0 amide bonds. The molecule has 10 heteroatoms. The van der Waals surface area contributed by atoms with Crippen molar-refractivity contribution in [3.05, 3.63) is 108 Å². The summed E-state index contributed by atoms with van der Waals surface area (Å²) in [5.74, 6) is 0.0203. The number of halogens is 1. The lowest BCUT2D eigenvalue weighted by molar-refractivity contribution is -0.146. The van der Waals surface area contributed by atoms with E-state index in [0.717, 1.165) is 49.4 Å². The van der Waals surface area contributed by atoms with Crippen molar-refractivity contribution in [2.75, 3.05) is 6.61 Å². The molecule has 0 saturated heterocycles. The van der Waals surface area contributed by atoms with Gasteiger partial charge in [0.05, 0.1) is 28.9 Å². The van der Waals surface area contributed by atoms with Crippen molar-refractivity contribution in [2.45, 2.75) is 70.8 Å². The fourth-order valence-corrected chi connectivity index (χ4v) is 6.94. The molecule has 0 aliphatic carbocycles. The molecular formula is C40H41FN4O4S. The summed E-state index contributed by atoms with van der Waals surface area (Å²) in [5, 5.41) is 20.4. The van der Waals surface area contributed by atoms with E-state index in [0.29, 0.717) is 36.7 Å². The number of benzene rings is 3. The molecule has 0 aliphatic rings. The second kappa shape index (κ2) is 14.1. The fourth-order valence-electron chi connectivity index (χ4n) is 5.75. The molecule has 0 atom stereocenters. The van der Waals surface area contributed by atoms with E-state index in [1.165, 1.54) is 12.1 Å². The first-order valence-corrected chi connectivity index (χ1v) is 17.4. The van der Waals surface area contributed by atoms with Crippen LogP contribution in [0.4, 0.5) is 4.39 Å². The van der Waals surface area contributed by atoms with Crippen LogP contribution >= 0.6 is 11.8 Å². The second-order valence-corrected chi connectivity index (χ2v) is 15.8. The number of pyridine rings is 1. The number of carboxylic acids is 1. The van der Waals surface area contributed by atoms with E-state index < -0.39 is 11.4 Å². The lowest BCUT2D eigenvalue weighted by Gasteiger charge is -2.24. The summed E-state index contributed by atoms with van der Waals surface area (Å²) in [4.78, 5) is 18.1. The molecule has 3 aromatic carbocycles. The van der Waals surface area contributed by atoms with Crippen LogP contribution < -0.4 is 9.47 Å². The predicted molar refractivity (Wildman–Crippen MR) is 196 cm³/mol. The smallest absolute Gasteiger partial charge is 0.309 e. The summed E-state index contributed by atoms with van der Waals surface area (Å²) in [5.41, 5.74) is 5.15. The van der Waals surface area contributed by atoms with Crippen LogP contribution in [-0.4, -0.2) is 42.2 Å². The maximum Gasteiger partial charge on any atom is 0.309 e. The molecule has 8 nitrogen and oxygen atoms in total. The fraction of sp³-hybridized carbons (Fsp3) is 0.300. The molecule has 50 heavy (non-hydrogen) atoms. The molecule has 0 saturated carbocycles. The van der Waals surface area contributed by atoms with Gasteiger partial charge in [0.15, 0.2) is 0 Å². The van der Waals surface area contributed by atoms with E-state index in [1.54, 1.807) is 31.7 Å². The minimum absolute atomic E-state index is 0.146. The van der Waals surface area contributed by atoms with Crippen molar-refractivity contribution >= 4 is 39.5 Å². The van der Waals surface area contributed by atoms with Gasteiger partial charge in [-0.1, -0.05) is 51.1 Å². The molecule has 0 aliphatic heterocycles. The first-order chi connectivity index (χ1) is 23.8. The summed E-state index contributed by atoms with van der Waals surface area (Å²) in [7, 11) is 0. The monoisotopic (exact) mass is 692 g/mol. The quantitative estimate of drug-likeness (QED) is 0.127. The molecule has 1 N–H and O–H groups in total. The standard InChI is InChI=1S/C40H41FN4O4S/c1-7-48-36-19-17-33(43-44-36)26-10-8-25(9-11-26)23-45-34-18-15-30(49-24-29-14-12-27-20-28(41)13-16-32(27)42-29)21-31(34)37(50-39(2,3)4)35(45)22-40(5,6)38(46)47/h8-21H,7,22-24H2,1-6H3,(H,46,47). The number of thioether (sulfide) groups is 1. The van der Waals surface area contributed by atoms with E-state index in [9.17, 15) is 14.3 Å². The third-order valence-electron chi connectivity index (χ3n) is 8.31. The van der Waals surface area contributed by atoms with E-state index in [4.69, 9.17) is 9.47 Å². The van der Waals surface area contributed by atoms with Crippen molar-refractivity contribution < 1.29 is 23.8 Å². The Labute approximate surface area is 295 Å². The van der Waals surface area contributed by atoms with Gasteiger partial charge in [0.2, 0.25) is 5.88 Å². The Morgan fingerprint density at radius 3 is 2.36 bits per heavy atom. The third kappa shape index (κ3) is 7.91. The van der Waals surface area contributed by atoms with Crippen LogP contribution in [-0.2, 0) is 24.4 Å². The number of aromatic nitrogens is 4. The van der Waals surface area contributed by atoms with Gasteiger partial charge in [-0.05, 0) is 74.9 Å². The molecule has 0 radical (unpaired) electrons. The van der Waals surface area contributed by atoms with Crippen LogP contribution in [0.1, 0.15) is 58.5 Å². The number of ether oxygens (including phenoxy) is 2. The van der Waals surface area contributed by atoms with Crippen LogP contribution in [0.2, 0.25) is 0 Å². The minimum atomic E-state index is -1.00. The number of hydrogen-bond donors (Lipinski definition) is 1. The van der Waals surface area contributed by atoms with Gasteiger partial charge < -0.3 is 19.1 Å². The highest BCUT2D eigenvalue weighted by atomic mass is 32.2. The minimum Gasteiger partial charge on any atom is -0.487 e. The van der Waals surface area contributed by atoms with Crippen molar-refractivity contribution in [1.29, 1.82) is 0 Å². The molecule has 6 aromatic rings. The Hall–Kier alpha value is -4.96. The van der Waals surface area contributed by atoms with Crippen LogP contribution in [0, 0.1) is 11.2 Å². The molecular weight excluding hydrogens is 652 g/mol. The maximum atomic E-state index is 13.7. The Kier molecular flexibility index (Phi) is 9.84. The van der Waals surface area contributed by atoms with Gasteiger partial charge in [-0.3, -0.25) is 4.79 Å². The molecule has 6 rings (SSSR count). The lowest BCUT2D eigenvalue weighted by atomic mass is 9.88. The largest absolute Gasteiger partial charge is 0.487 e. The number of carbonyl (C=O) groups is 1. The molecule has 258 valence electrons.